The number of H-pyrrole nitrogens is 2. The van der Waals surface area contributed by atoms with Gasteiger partial charge in [0.2, 0.25) is 0 Å². The molecule has 5 heterocycles. The fraction of sp³-hybridized carbons (Fsp3) is 0.324. The molecule has 0 saturated carbocycles. The van der Waals surface area contributed by atoms with Gasteiger partial charge >= 0.3 is 17.9 Å². The van der Waals surface area contributed by atoms with E-state index in [2.05, 4.69) is 16.5 Å². The smallest absolute Gasteiger partial charge is 0.338 e. The van der Waals surface area contributed by atoms with E-state index >= 15 is 0 Å². The van der Waals surface area contributed by atoms with Crippen molar-refractivity contribution in [3.63, 3.8) is 0 Å². The fourth-order valence-electron chi connectivity index (χ4n) is 6.53. The lowest BCUT2D eigenvalue weighted by molar-refractivity contribution is -0.138. The van der Waals surface area contributed by atoms with Gasteiger partial charge in [-0.2, -0.15) is 0 Å². The first-order chi connectivity index (χ1) is 20.9. The second kappa shape index (κ2) is 11.6. The number of aromatic nitrogens is 4. The van der Waals surface area contributed by atoms with E-state index in [0.29, 0.717) is 34.6 Å². The number of hydrogen-bond acceptors (Lipinski definition) is 5. The zero-order valence-corrected chi connectivity index (χ0v) is 25.5. The topological polar surface area (TPSA) is 169 Å². The van der Waals surface area contributed by atoms with Crippen molar-refractivity contribution in [2.24, 2.45) is 0 Å². The van der Waals surface area contributed by atoms with Gasteiger partial charge in [0, 0.05) is 51.6 Å². The molecule has 10 heteroatoms. The second-order valence-electron chi connectivity index (χ2n) is 11.5. The van der Waals surface area contributed by atoms with E-state index in [4.69, 9.17) is 9.97 Å². The van der Waals surface area contributed by atoms with Gasteiger partial charge < -0.3 is 25.3 Å². The number of carboxylic acid groups (broad SMARTS) is 3. The van der Waals surface area contributed by atoms with E-state index in [9.17, 15) is 29.7 Å². The molecular formula is C34H36N4O6. The summed E-state index contributed by atoms with van der Waals surface area (Å²) >= 11 is 0. The first kappa shape index (κ1) is 30.5. The van der Waals surface area contributed by atoms with Gasteiger partial charge in [-0.15, -0.1) is 0 Å². The van der Waals surface area contributed by atoms with Crippen molar-refractivity contribution < 1.29 is 29.7 Å². The summed E-state index contributed by atoms with van der Waals surface area (Å²) < 4.78 is 0. The summed E-state index contributed by atoms with van der Waals surface area (Å²) in [5, 5.41) is 29.9. The van der Waals surface area contributed by atoms with Crippen LogP contribution in [0, 0.1) is 13.8 Å². The lowest BCUT2D eigenvalue weighted by atomic mass is 9.85. The Labute approximate surface area is 254 Å². The molecule has 2 aliphatic rings. The van der Waals surface area contributed by atoms with Gasteiger partial charge in [-0.25, -0.2) is 9.78 Å². The molecule has 228 valence electrons. The third-order valence-corrected chi connectivity index (χ3v) is 8.95. The van der Waals surface area contributed by atoms with Gasteiger partial charge in [-0.1, -0.05) is 26.5 Å². The first-order valence-electron chi connectivity index (χ1n) is 14.6. The molecular weight excluding hydrogens is 560 g/mol. The zero-order chi connectivity index (χ0) is 32.0. The maximum absolute atomic E-state index is 12.7. The largest absolute Gasteiger partial charge is 0.481 e. The lowest BCUT2D eigenvalue weighted by Crippen LogP contribution is -2.11. The Morgan fingerprint density at radius 2 is 1.61 bits per heavy atom. The molecule has 0 radical (unpaired) electrons. The maximum Gasteiger partial charge on any atom is 0.338 e. The number of aryl methyl sites for hydroxylation is 2. The standard InChI is InChI=1S/C34H36N4O6/c1-7-19-15(3)23-12-25-17(5)21(9-10-29(39)40)32(37-25)22(11-30(41)42)33-31(34(43)44)18(6)26(38-33)14-28-20(8-2)16(4)24(36-28)13-27(19)35-23/h7,12-14,17,21,35,38H,1,8-11H2,2-6H3,(H,39,40)(H,41,42)(H,43,44). The molecule has 0 spiro atoms. The third-order valence-electron chi connectivity index (χ3n) is 8.95. The third kappa shape index (κ3) is 5.21. The number of allylic oxidation sites excluding steroid dienone is 2. The maximum atomic E-state index is 12.7. The van der Waals surface area contributed by atoms with Crippen LogP contribution in [0.1, 0.15) is 107 Å². The van der Waals surface area contributed by atoms with Gasteiger partial charge in [0.25, 0.3) is 0 Å². The van der Waals surface area contributed by atoms with Crippen molar-refractivity contribution in [2.45, 2.75) is 72.1 Å². The predicted octanol–water partition coefficient (Wildman–Crippen LogP) is 6.99. The minimum Gasteiger partial charge on any atom is -0.481 e. The number of aliphatic carboxylic acids is 2. The molecule has 0 aromatic carbocycles. The lowest BCUT2D eigenvalue weighted by Gasteiger charge is -2.17. The van der Waals surface area contributed by atoms with Crippen LogP contribution in [0.5, 0.6) is 0 Å². The van der Waals surface area contributed by atoms with Crippen molar-refractivity contribution in [3.8, 4) is 0 Å². The average molecular weight is 597 g/mol. The number of hydrogen-bond donors (Lipinski definition) is 5. The molecule has 0 amide bonds. The van der Waals surface area contributed by atoms with Gasteiger partial charge in [0.1, 0.15) is 0 Å². The quantitative estimate of drug-likeness (QED) is 0.185. The Morgan fingerprint density at radius 3 is 2.23 bits per heavy atom. The number of carboxylic acids is 3. The van der Waals surface area contributed by atoms with Crippen molar-refractivity contribution >= 4 is 57.2 Å². The van der Waals surface area contributed by atoms with Gasteiger partial charge in [-0.05, 0) is 74.1 Å². The fourth-order valence-corrected chi connectivity index (χ4v) is 6.53. The Bertz CT molecular complexity index is 1940. The highest BCUT2D eigenvalue weighted by Crippen LogP contribution is 2.43. The molecule has 0 fully saturated rings. The molecule has 3 aromatic heterocycles. The monoisotopic (exact) mass is 596 g/mol. The summed E-state index contributed by atoms with van der Waals surface area (Å²) in [6, 6.07) is 5.70. The molecule has 44 heavy (non-hydrogen) atoms. The Balaban J connectivity index is 2.04. The van der Waals surface area contributed by atoms with Gasteiger partial charge in [-0.3, -0.25) is 14.6 Å². The molecule has 2 atom stereocenters. The summed E-state index contributed by atoms with van der Waals surface area (Å²) in [5.41, 5.74) is 9.25. The van der Waals surface area contributed by atoms with Crippen LogP contribution in [0.3, 0.4) is 0 Å². The van der Waals surface area contributed by atoms with Crippen LogP contribution in [0.4, 0.5) is 0 Å². The van der Waals surface area contributed by atoms with Crippen molar-refractivity contribution in [2.75, 3.05) is 0 Å². The summed E-state index contributed by atoms with van der Waals surface area (Å²) in [5.74, 6) is -4.06. The molecule has 10 nitrogen and oxygen atoms in total. The minimum absolute atomic E-state index is 0.0465. The van der Waals surface area contributed by atoms with Crippen molar-refractivity contribution in [1.29, 1.82) is 0 Å². The molecule has 8 bridgehead atoms. The highest BCUT2D eigenvalue weighted by molar-refractivity contribution is 6.02. The Kier molecular flexibility index (Phi) is 8.03. The number of rotatable bonds is 8. The molecule has 2 unspecified atom stereocenters. The van der Waals surface area contributed by atoms with Crippen LogP contribution in [-0.2, 0) is 16.0 Å². The molecule has 0 saturated heterocycles. The predicted molar refractivity (Wildman–Crippen MR) is 170 cm³/mol. The summed E-state index contributed by atoms with van der Waals surface area (Å²) in [6.07, 6.45) is 2.04. The van der Waals surface area contributed by atoms with Crippen LogP contribution in [0.15, 0.2) is 24.8 Å². The van der Waals surface area contributed by atoms with Crippen LogP contribution in [0.25, 0.3) is 39.3 Å². The highest BCUT2D eigenvalue weighted by Gasteiger charge is 2.33. The summed E-state index contributed by atoms with van der Waals surface area (Å²) in [4.78, 5) is 53.2. The van der Waals surface area contributed by atoms with Crippen LogP contribution in [0.2, 0.25) is 0 Å². The van der Waals surface area contributed by atoms with Gasteiger partial charge in [0.15, 0.2) is 0 Å². The average Bonchev–Trinajstić information content (AvgIpc) is 3.63. The van der Waals surface area contributed by atoms with E-state index in [0.717, 1.165) is 39.0 Å². The van der Waals surface area contributed by atoms with Crippen molar-refractivity contribution in [3.05, 3.63) is 75.4 Å². The number of aromatic amines is 2. The minimum atomic E-state index is -1.21. The van der Waals surface area contributed by atoms with E-state index in [1.165, 1.54) is 0 Å². The SMILES string of the molecule is C=Cc1c(C)c2cc3nc(c(CC(=O)O)c4[nH]c(cc5nc(cc1[nH]2)C(C)=C5CC)c(C)c4C(=O)O)C(CCC(=O)O)C3C. The molecule has 2 aliphatic heterocycles. The first-order valence-corrected chi connectivity index (χ1v) is 14.6. The van der Waals surface area contributed by atoms with Crippen molar-refractivity contribution in [1.82, 2.24) is 19.9 Å². The van der Waals surface area contributed by atoms with Crippen LogP contribution >= 0.6 is 0 Å². The second-order valence-corrected chi connectivity index (χ2v) is 11.5. The summed E-state index contributed by atoms with van der Waals surface area (Å²) in [6.45, 7) is 13.7. The summed E-state index contributed by atoms with van der Waals surface area (Å²) in [7, 11) is 0. The number of nitrogens with zero attached hydrogens (tertiary/aromatic N) is 2. The Morgan fingerprint density at radius 1 is 0.932 bits per heavy atom. The van der Waals surface area contributed by atoms with Crippen LogP contribution in [-0.4, -0.2) is 53.2 Å². The van der Waals surface area contributed by atoms with E-state index < -0.39 is 30.2 Å². The highest BCUT2D eigenvalue weighted by atomic mass is 16.4. The zero-order valence-electron chi connectivity index (χ0n) is 25.5. The molecule has 5 rings (SSSR count). The normalized spacial score (nSPS) is 16.3. The van der Waals surface area contributed by atoms with E-state index in [1.54, 1.807) is 13.0 Å². The Hall–Kier alpha value is -4.99. The molecule has 3 aromatic rings. The number of fused-ring (bicyclic) bond motifs is 8. The van der Waals surface area contributed by atoms with E-state index in [-0.39, 0.29) is 35.4 Å². The van der Waals surface area contributed by atoms with E-state index in [1.807, 2.05) is 45.9 Å². The molecule has 5 N–H and O–H groups in total. The number of aromatic carboxylic acids is 1. The molecule has 0 aliphatic carbocycles. The van der Waals surface area contributed by atoms with Crippen LogP contribution < -0.4 is 0 Å². The number of nitrogens with one attached hydrogen (secondary N) is 2. The van der Waals surface area contributed by atoms with Gasteiger partial charge in [0.05, 0.1) is 34.6 Å². The number of carbonyl (C=O) groups is 3.